The van der Waals surface area contributed by atoms with E-state index < -0.39 is 0 Å². The molecule has 0 amide bonds. The van der Waals surface area contributed by atoms with E-state index in [1.807, 2.05) is 13.8 Å². The van der Waals surface area contributed by atoms with Gasteiger partial charge in [0.1, 0.15) is 0 Å². The van der Waals surface area contributed by atoms with E-state index in [0.717, 1.165) is 11.8 Å². The zero-order valence-electron chi connectivity index (χ0n) is 9.69. The van der Waals surface area contributed by atoms with Crippen LogP contribution in [0.1, 0.15) is 67.2 Å². The molecule has 0 nitrogen and oxygen atoms in total. The molecule has 84 valence electrons. The number of hydrogen-bond donors (Lipinski definition) is 0. The van der Waals surface area contributed by atoms with Crippen molar-refractivity contribution in [3.05, 3.63) is 0 Å². The van der Waals surface area contributed by atoms with Crippen LogP contribution in [0.3, 0.4) is 0 Å². The minimum Gasteiger partial charge on any atom is -0.107 e. The molecule has 1 rings (SSSR count). The molecule has 0 atom stereocenters. The van der Waals surface area contributed by atoms with Crippen molar-refractivity contribution < 1.29 is 0 Å². The molecule has 0 bridgehead atoms. The molecule has 1 saturated carbocycles. The lowest BCUT2D eigenvalue weighted by Crippen LogP contribution is -2.12. The van der Waals surface area contributed by atoms with Gasteiger partial charge >= 0.3 is 0 Å². The Morgan fingerprint density at radius 1 is 0.929 bits per heavy atom. The number of hydrogen-bond acceptors (Lipinski definition) is 0. The SMILES string of the molecule is C.CC#CC.CC(C)C1CCCCC1. The molecule has 0 aliphatic heterocycles. The molecule has 0 spiro atoms. The molecule has 0 aromatic carbocycles. The average molecular weight is 196 g/mol. The molecule has 0 aromatic rings. The average Bonchev–Trinajstić information content (AvgIpc) is 2.19. The van der Waals surface area contributed by atoms with Crippen LogP contribution in [0, 0.1) is 23.7 Å². The molecule has 0 heteroatoms. The quantitative estimate of drug-likeness (QED) is 0.524. The van der Waals surface area contributed by atoms with Crippen molar-refractivity contribution in [3.8, 4) is 11.8 Å². The minimum absolute atomic E-state index is 0. The molecule has 0 unspecified atom stereocenters. The first-order valence-corrected chi connectivity index (χ1v) is 5.55. The third-order valence-electron chi connectivity index (χ3n) is 2.84. The second kappa shape index (κ2) is 10.6. The summed E-state index contributed by atoms with van der Waals surface area (Å²) in [6.07, 6.45) is 7.46. The lowest BCUT2D eigenvalue weighted by atomic mass is 9.82. The van der Waals surface area contributed by atoms with Crippen molar-refractivity contribution in [1.29, 1.82) is 0 Å². The first-order chi connectivity index (χ1) is 6.22. The highest BCUT2D eigenvalue weighted by molar-refractivity contribution is 4.89. The predicted octanol–water partition coefficient (Wildman–Crippen LogP) is 4.89. The van der Waals surface area contributed by atoms with Gasteiger partial charge in [0.05, 0.1) is 0 Å². The van der Waals surface area contributed by atoms with Crippen molar-refractivity contribution in [1.82, 2.24) is 0 Å². The highest BCUT2D eigenvalue weighted by Crippen LogP contribution is 2.29. The van der Waals surface area contributed by atoms with Crippen molar-refractivity contribution in [2.24, 2.45) is 11.8 Å². The summed E-state index contributed by atoms with van der Waals surface area (Å²) in [4.78, 5) is 0. The molecule has 1 aliphatic rings. The second-order valence-electron chi connectivity index (χ2n) is 4.14. The lowest BCUT2D eigenvalue weighted by molar-refractivity contribution is 0.279. The highest BCUT2D eigenvalue weighted by atomic mass is 14.2. The van der Waals surface area contributed by atoms with E-state index in [0.29, 0.717) is 0 Å². The van der Waals surface area contributed by atoms with Crippen LogP contribution >= 0.6 is 0 Å². The summed E-state index contributed by atoms with van der Waals surface area (Å²) < 4.78 is 0. The zero-order chi connectivity index (χ0) is 10.1. The van der Waals surface area contributed by atoms with Crippen LogP contribution in [-0.2, 0) is 0 Å². The Morgan fingerprint density at radius 3 is 1.57 bits per heavy atom. The first kappa shape index (κ1) is 16.0. The molecule has 0 heterocycles. The summed E-state index contributed by atoms with van der Waals surface area (Å²) in [5, 5.41) is 0. The maximum Gasteiger partial charge on any atom is -0.00271 e. The van der Waals surface area contributed by atoms with E-state index in [9.17, 15) is 0 Å². The van der Waals surface area contributed by atoms with Crippen LogP contribution in [0.2, 0.25) is 0 Å². The van der Waals surface area contributed by atoms with E-state index in [1.165, 1.54) is 32.1 Å². The van der Waals surface area contributed by atoms with Gasteiger partial charge in [0.2, 0.25) is 0 Å². The van der Waals surface area contributed by atoms with Crippen molar-refractivity contribution in [2.75, 3.05) is 0 Å². The Labute approximate surface area is 91.5 Å². The fraction of sp³-hybridized carbons (Fsp3) is 0.857. The van der Waals surface area contributed by atoms with Crippen molar-refractivity contribution in [2.45, 2.75) is 67.2 Å². The second-order valence-corrected chi connectivity index (χ2v) is 4.14. The minimum atomic E-state index is 0. The van der Waals surface area contributed by atoms with Crippen LogP contribution in [0.15, 0.2) is 0 Å². The largest absolute Gasteiger partial charge is 0.107 e. The van der Waals surface area contributed by atoms with E-state index in [4.69, 9.17) is 0 Å². The van der Waals surface area contributed by atoms with Crippen molar-refractivity contribution >= 4 is 0 Å². The van der Waals surface area contributed by atoms with E-state index >= 15 is 0 Å². The third kappa shape index (κ3) is 8.17. The topological polar surface area (TPSA) is 0 Å². The van der Waals surface area contributed by atoms with E-state index in [2.05, 4.69) is 25.7 Å². The molecule has 0 saturated heterocycles. The van der Waals surface area contributed by atoms with Crippen LogP contribution < -0.4 is 0 Å². The molecule has 0 radical (unpaired) electrons. The zero-order valence-corrected chi connectivity index (χ0v) is 9.69. The summed E-state index contributed by atoms with van der Waals surface area (Å²) in [6.45, 7) is 8.35. The van der Waals surface area contributed by atoms with Crippen LogP contribution in [0.5, 0.6) is 0 Å². The third-order valence-corrected chi connectivity index (χ3v) is 2.84. The first-order valence-electron chi connectivity index (χ1n) is 5.55. The predicted molar refractivity (Wildman–Crippen MR) is 67.3 cm³/mol. The molecule has 0 N–H and O–H groups in total. The van der Waals surface area contributed by atoms with Gasteiger partial charge < -0.3 is 0 Å². The highest BCUT2D eigenvalue weighted by Gasteiger charge is 2.15. The fourth-order valence-electron chi connectivity index (χ4n) is 1.80. The Bertz CT molecular complexity index is 145. The van der Waals surface area contributed by atoms with Crippen LogP contribution in [0.4, 0.5) is 0 Å². The summed E-state index contributed by atoms with van der Waals surface area (Å²) >= 11 is 0. The lowest BCUT2D eigenvalue weighted by Gasteiger charge is -2.24. The monoisotopic (exact) mass is 196 g/mol. The maximum absolute atomic E-state index is 2.68. The van der Waals surface area contributed by atoms with Crippen LogP contribution in [-0.4, -0.2) is 0 Å². The van der Waals surface area contributed by atoms with Gasteiger partial charge in [-0.25, -0.2) is 0 Å². The maximum atomic E-state index is 2.68. The Kier molecular flexibility index (Phi) is 12.2. The van der Waals surface area contributed by atoms with E-state index in [-0.39, 0.29) is 7.43 Å². The van der Waals surface area contributed by atoms with Gasteiger partial charge in [-0.15, -0.1) is 11.8 Å². The van der Waals surface area contributed by atoms with Gasteiger partial charge in [0, 0.05) is 0 Å². The van der Waals surface area contributed by atoms with Crippen molar-refractivity contribution in [3.63, 3.8) is 0 Å². The summed E-state index contributed by atoms with van der Waals surface area (Å²) in [5.74, 6) is 7.35. The summed E-state index contributed by atoms with van der Waals surface area (Å²) in [7, 11) is 0. The number of rotatable bonds is 1. The smallest absolute Gasteiger partial charge is 0.00271 e. The van der Waals surface area contributed by atoms with Gasteiger partial charge in [0.25, 0.3) is 0 Å². The normalized spacial score (nSPS) is 15.8. The van der Waals surface area contributed by atoms with Gasteiger partial charge in [-0.2, -0.15) is 0 Å². The molecular weight excluding hydrogens is 168 g/mol. The molecular formula is C14H28. The van der Waals surface area contributed by atoms with Gasteiger partial charge in [-0.3, -0.25) is 0 Å². The molecule has 1 fully saturated rings. The molecule has 1 aliphatic carbocycles. The summed E-state index contributed by atoms with van der Waals surface area (Å²) in [6, 6.07) is 0. The Balaban J connectivity index is 0. The van der Waals surface area contributed by atoms with Crippen LogP contribution in [0.25, 0.3) is 0 Å². The fourth-order valence-corrected chi connectivity index (χ4v) is 1.80. The van der Waals surface area contributed by atoms with E-state index in [1.54, 1.807) is 0 Å². The molecule has 0 aromatic heterocycles. The van der Waals surface area contributed by atoms with Gasteiger partial charge in [-0.1, -0.05) is 53.4 Å². The summed E-state index contributed by atoms with van der Waals surface area (Å²) in [5.41, 5.74) is 0. The Morgan fingerprint density at radius 2 is 1.36 bits per heavy atom. The van der Waals surface area contributed by atoms with Gasteiger partial charge in [0.15, 0.2) is 0 Å². The molecule has 14 heavy (non-hydrogen) atoms. The Hall–Kier alpha value is -0.440. The standard InChI is InChI=1S/C9H18.C4H6.CH4/c1-8(2)9-6-4-3-5-7-9;1-3-4-2;/h8-9H,3-7H2,1-2H3;1-2H3;1H4. The van der Waals surface area contributed by atoms with Gasteiger partial charge in [-0.05, 0) is 25.7 Å².